The molecule has 0 radical (unpaired) electrons. The number of ether oxygens (including phenoxy) is 6. The molecule has 36 heavy (non-hydrogen) atoms. The van der Waals surface area contributed by atoms with Crippen molar-refractivity contribution in [3.05, 3.63) is 47.0 Å². The molecule has 2 aromatic rings. The van der Waals surface area contributed by atoms with Gasteiger partial charge in [-0.2, -0.15) is 0 Å². The zero-order valence-electron chi connectivity index (χ0n) is 22.1. The molecule has 0 amide bonds. The molecule has 2 aromatic carbocycles. The van der Waals surface area contributed by atoms with Crippen molar-refractivity contribution < 1.29 is 33.5 Å². The Kier molecular flexibility index (Phi) is 8.13. The second-order valence-electron chi connectivity index (χ2n) is 10.3. The van der Waals surface area contributed by atoms with Gasteiger partial charge in [0.05, 0.1) is 13.2 Å². The van der Waals surface area contributed by atoms with Crippen molar-refractivity contribution in [1.82, 2.24) is 0 Å². The third-order valence-electron chi connectivity index (χ3n) is 7.49. The van der Waals surface area contributed by atoms with Crippen LogP contribution in [0.3, 0.4) is 0 Å². The van der Waals surface area contributed by atoms with E-state index >= 15 is 0 Å². The molecule has 1 heterocycles. The first-order valence-electron chi connectivity index (χ1n) is 12.4. The Hall–Kier alpha value is -2.74. The fourth-order valence-electron chi connectivity index (χ4n) is 5.33. The van der Waals surface area contributed by atoms with E-state index in [1.807, 2.05) is 30.4 Å². The SMILES string of the molecule is COCOc1cc(C=Cc2cc3c(c(OC)c2)OC2[C@@H](C)C[C@@H](O)C(C)(C)[C@H]2C3)cc(OCOC)c1. The third kappa shape index (κ3) is 5.48. The van der Waals surface area contributed by atoms with Gasteiger partial charge in [0, 0.05) is 26.2 Å². The largest absolute Gasteiger partial charge is 0.493 e. The van der Waals surface area contributed by atoms with E-state index in [-0.39, 0.29) is 43.0 Å². The monoisotopic (exact) mass is 498 g/mol. The van der Waals surface area contributed by atoms with Crippen LogP contribution >= 0.6 is 0 Å². The topological polar surface area (TPSA) is 75.6 Å². The molecule has 1 aliphatic heterocycles. The average Bonchev–Trinajstić information content (AvgIpc) is 2.87. The van der Waals surface area contributed by atoms with Crippen LogP contribution in [-0.4, -0.2) is 52.2 Å². The van der Waals surface area contributed by atoms with Crippen molar-refractivity contribution in [3.8, 4) is 23.0 Å². The van der Waals surface area contributed by atoms with Crippen molar-refractivity contribution in [2.75, 3.05) is 34.9 Å². The fourth-order valence-corrected chi connectivity index (χ4v) is 5.33. The summed E-state index contributed by atoms with van der Waals surface area (Å²) in [7, 11) is 4.83. The Balaban J connectivity index is 1.64. The molecule has 4 rings (SSSR count). The minimum Gasteiger partial charge on any atom is -0.493 e. The highest BCUT2D eigenvalue weighted by Gasteiger charge is 2.51. The molecule has 7 nitrogen and oxygen atoms in total. The van der Waals surface area contributed by atoms with Gasteiger partial charge >= 0.3 is 0 Å². The number of hydrogen-bond donors (Lipinski definition) is 1. The highest BCUT2D eigenvalue weighted by Crippen LogP contribution is 2.51. The van der Waals surface area contributed by atoms with Crippen molar-refractivity contribution >= 4 is 12.2 Å². The highest BCUT2D eigenvalue weighted by molar-refractivity contribution is 5.73. The van der Waals surface area contributed by atoms with Crippen LogP contribution in [0.25, 0.3) is 12.2 Å². The van der Waals surface area contributed by atoms with Crippen LogP contribution in [0.15, 0.2) is 30.3 Å². The molecule has 1 fully saturated rings. The summed E-state index contributed by atoms with van der Waals surface area (Å²) in [4.78, 5) is 0. The molecule has 4 atom stereocenters. The number of aliphatic hydroxyl groups is 1. The summed E-state index contributed by atoms with van der Waals surface area (Å²) in [5, 5.41) is 10.8. The number of hydrogen-bond acceptors (Lipinski definition) is 7. The number of methoxy groups -OCH3 is 3. The van der Waals surface area contributed by atoms with Crippen LogP contribution < -0.4 is 18.9 Å². The number of benzene rings is 2. The van der Waals surface area contributed by atoms with E-state index in [4.69, 9.17) is 28.4 Å². The maximum absolute atomic E-state index is 10.8. The van der Waals surface area contributed by atoms with Gasteiger partial charge in [-0.1, -0.05) is 32.9 Å². The van der Waals surface area contributed by atoms with Crippen LogP contribution in [0.2, 0.25) is 0 Å². The first-order chi connectivity index (χ1) is 17.3. The molecule has 1 unspecified atom stereocenters. The van der Waals surface area contributed by atoms with Gasteiger partial charge in [-0.05, 0) is 65.1 Å². The average molecular weight is 499 g/mol. The van der Waals surface area contributed by atoms with E-state index in [9.17, 15) is 5.11 Å². The zero-order chi connectivity index (χ0) is 25.9. The van der Waals surface area contributed by atoms with Gasteiger partial charge in [0.25, 0.3) is 0 Å². The summed E-state index contributed by atoms with van der Waals surface area (Å²) < 4.78 is 33.6. The van der Waals surface area contributed by atoms with Gasteiger partial charge in [0.15, 0.2) is 25.1 Å². The van der Waals surface area contributed by atoms with Gasteiger partial charge in [-0.3, -0.25) is 0 Å². The molecule has 1 aliphatic carbocycles. The molecule has 0 bridgehead atoms. The summed E-state index contributed by atoms with van der Waals surface area (Å²) in [6.45, 7) is 6.76. The first-order valence-corrected chi connectivity index (χ1v) is 12.4. The van der Waals surface area contributed by atoms with Gasteiger partial charge in [0.1, 0.15) is 17.6 Å². The molecular formula is C29H38O7. The maximum Gasteiger partial charge on any atom is 0.188 e. The standard InChI is InChI=1S/C29H38O7/c1-18-9-26(30)29(2,3)24-14-21-10-19(13-25(33-6)28(21)36-27(18)24)7-8-20-11-22(34-16-31-4)15-23(12-20)35-17-32-5/h7-8,10-13,15,18,24,26-27,30H,9,14,16-17H2,1-6H3/t18-,24-,26+,27?/m0/s1. The predicted molar refractivity (Wildman–Crippen MR) is 139 cm³/mol. The number of fused-ring (bicyclic) bond motifs is 2. The first kappa shape index (κ1) is 26.3. The lowest BCUT2D eigenvalue weighted by atomic mass is 9.60. The van der Waals surface area contributed by atoms with Crippen molar-refractivity contribution in [2.24, 2.45) is 17.3 Å². The Morgan fingerprint density at radius 2 is 1.56 bits per heavy atom. The van der Waals surface area contributed by atoms with Gasteiger partial charge in [-0.25, -0.2) is 0 Å². The van der Waals surface area contributed by atoms with Crippen molar-refractivity contribution in [2.45, 2.75) is 45.8 Å². The van der Waals surface area contributed by atoms with Crippen LogP contribution in [-0.2, 0) is 15.9 Å². The molecule has 1 N–H and O–H groups in total. The molecule has 7 heteroatoms. The van der Waals surface area contributed by atoms with E-state index in [1.165, 1.54) is 0 Å². The quantitative estimate of drug-likeness (QED) is 0.377. The highest BCUT2D eigenvalue weighted by atomic mass is 16.7. The van der Waals surface area contributed by atoms with E-state index in [2.05, 4.69) is 26.8 Å². The van der Waals surface area contributed by atoms with Crippen molar-refractivity contribution in [3.63, 3.8) is 0 Å². The summed E-state index contributed by atoms with van der Waals surface area (Å²) >= 11 is 0. The smallest absolute Gasteiger partial charge is 0.188 e. The van der Waals surface area contributed by atoms with Gasteiger partial charge < -0.3 is 33.5 Å². The molecule has 1 saturated carbocycles. The maximum atomic E-state index is 10.8. The summed E-state index contributed by atoms with van der Waals surface area (Å²) in [6, 6.07) is 9.79. The predicted octanol–water partition coefficient (Wildman–Crippen LogP) is 5.18. The molecule has 0 spiro atoms. The number of aliphatic hydroxyl groups excluding tert-OH is 1. The van der Waals surface area contributed by atoms with Crippen LogP contribution in [0.4, 0.5) is 0 Å². The van der Waals surface area contributed by atoms with E-state index < -0.39 is 0 Å². The minimum absolute atomic E-state index is 0.0616. The third-order valence-corrected chi connectivity index (χ3v) is 7.49. The lowest BCUT2D eigenvalue weighted by Gasteiger charge is -2.52. The molecule has 0 saturated heterocycles. The van der Waals surface area contributed by atoms with Gasteiger partial charge in [0.2, 0.25) is 0 Å². The van der Waals surface area contributed by atoms with Crippen LogP contribution in [0, 0.1) is 17.3 Å². The second kappa shape index (κ2) is 11.1. The normalized spacial score (nSPS) is 24.5. The molecule has 0 aromatic heterocycles. The van der Waals surface area contributed by atoms with E-state index in [1.54, 1.807) is 27.4 Å². The Bertz CT molecular complexity index is 1050. The van der Waals surface area contributed by atoms with E-state index in [0.717, 1.165) is 41.0 Å². The fraction of sp³-hybridized carbons (Fsp3) is 0.517. The van der Waals surface area contributed by atoms with Crippen LogP contribution in [0.5, 0.6) is 23.0 Å². The summed E-state index contributed by atoms with van der Waals surface area (Å²) in [5.41, 5.74) is 2.78. The van der Waals surface area contributed by atoms with Crippen molar-refractivity contribution in [1.29, 1.82) is 0 Å². The lowest BCUT2D eigenvalue weighted by molar-refractivity contribution is -0.114. The van der Waals surface area contributed by atoms with Gasteiger partial charge in [-0.15, -0.1) is 0 Å². The Morgan fingerprint density at radius 1 is 0.944 bits per heavy atom. The Labute approximate surface area is 213 Å². The lowest BCUT2D eigenvalue weighted by Crippen LogP contribution is -2.55. The van der Waals surface area contributed by atoms with E-state index in [0.29, 0.717) is 11.5 Å². The summed E-state index contributed by atoms with van der Waals surface area (Å²) in [6.07, 6.45) is 5.34. The van der Waals surface area contributed by atoms with Crippen LogP contribution in [0.1, 0.15) is 43.9 Å². The number of rotatable bonds is 9. The molecule has 2 aliphatic rings. The Morgan fingerprint density at radius 3 is 2.14 bits per heavy atom. The molecular weight excluding hydrogens is 460 g/mol. The zero-order valence-corrected chi connectivity index (χ0v) is 22.1. The minimum atomic E-state index is -0.342. The second-order valence-corrected chi connectivity index (χ2v) is 10.3. The molecule has 196 valence electrons. The summed E-state index contributed by atoms with van der Waals surface area (Å²) in [5.74, 6) is 3.32.